The van der Waals surface area contributed by atoms with Crippen LogP contribution in [-0.2, 0) is 0 Å². The van der Waals surface area contributed by atoms with Gasteiger partial charge in [-0.15, -0.1) is 5.10 Å². The van der Waals surface area contributed by atoms with Gasteiger partial charge in [-0.05, 0) is 76.9 Å². The molecular weight excluding hydrogens is 438 g/mol. The second-order valence-electron chi connectivity index (χ2n) is 10.3. The number of hydrogen-bond acceptors (Lipinski definition) is 5. The minimum atomic E-state index is -0.000558. The van der Waals surface area contributed by atoms with E-state index in [1.165, 1.54) is 0 Å². The summed E-state index contributed by atoms with van der Waals surface area (Å²) in [7, 11) is 0. The Morgan fingerprint density at radius 1 is 1.17 bits per heavy atom. The fourth-order valence-electron chi connectivity index (χ4n) is 5.15. The van der Waals surface area contributed by atoms with Gasteiger partial charge in [-0.3, -0.25) is 5.10 Å². The monoisotopic (exact) mass is 476 g/mol. The molecule has 8 heteroatoms. The zero-order valence-corrected chi connectivity index (χ0v) is 22.1. The van der Waals surface area contributed by atoms with E-state index in [4.69, 9.17) is 6.57 Å². The van der Waals surface area contributed by atoms with E-state index in [2.05, 4.69) is 58.4 Å². The number of piperidine rings is 1. The van der Waals surface area contributed by atoms with Crippen molar-refractivity contribution >= 4 is 11.8 Å². The van der Waals surface area contributed by atoms with Crippen LogP contribution in [0.2, 0.25) is 0 Å². The quantitative estimate of drug-likeness (QED) is 0.432. The highest BCUT2D eigenvalue weighted by Crippen LogP contribution is 2.37. The van der Waals surface area contributed by atoms with E-state index in [0.717, 1.165) is 35.4 Å². The molecule has 1 saturated heterocycles. The number of aromatic nitrogens is 5. The Bertz CT molecular complexity index is 1240. The van der Waals surface area contributed by atoms with Crippen molar-refractivity contribution in [3.05, 3.63) is 51.9 Å². The van der Waals surface area contributed by atoms with Crippen molar-refractivity contribution < 1.29 is 5.11 Å². The van der Waals surface area contributed by atoms with Gasteiger partial charge in [0.1, 0.15) is 17.0 Å². The molecule has 2 aromatic heterocycles. The molecule has 0 amide bonds. The summed E-state index contributed by atoms with van der Waals surface area (Å²) < 4.78 is 2.01. The first kappa shape index (κ1) is 26.2. The van der Waals surface area contributed by atoms with E-state index in [-0.39, 0.29) is 22.9 Å². The number of nitrogens with one attached hydrogen (secondary N) is 2. The van der Waals surface area contributed by atoms with Gasteiger partial charge >= 0.3 is 5.70 Å². The molecule has 1 aliphatic rings. The van der Waals surface area contributed by atoms with Crippen LogP contribution in [0.25, 0.3) is 27.7 Å². The Morgan fingerprint density at radius 2 is 1.83 bits per heavy atom. The minimum absolute atomic E-state index is 0.000558. The first-order valence-corrected chi connectivity index (χ1v) is 12.2. The van der Waals surface area contributed by atoms with Crippen LogP contribution in [0.5, 0.6) is 5.75 Å². The molecule has 8 nitrogen and oxygen atoms in total. The first-order chi connectivity index (χ1) is 16.5. The second-order valence-corrected chi connectivity index (χ2v) is 10.3. The zero-order valence-electron chi connectivity index (χ0n) is 22.1. The van der Waals surface area contributed by atoms with Crippen molar-refractivity contribution in [2.75, 3.05) is 0 Å². The van der Waals surface area contributed by atoms with Crippen molar-refractivity contribution in [3.8, 4) is 23.4 Å². The third kappa shape index (κ3) is 5.63. The summed E-state index contributed by atoms with van der Waals surface area (Å²) in [5.41, 5.74) is 5.30. The highest BCUT2D eigenvalue weighted by atomic mass is 16.3. The lowest BCUT2D eigenvalue weighted by Gasteiger charge is -2.46. The van der Waals surface area contributed by atoms with E-state index in [0.29, 0.717) is 17.0 Å². The lowest BCUT2D eigenvalue weighted by molar-refractivity contribution is 0.124. The van der Waals surface area contributed by atoms with Crippen molar-refractivity contribution in [3.63, 3.8) is 0 Å². The Morgan fingerprint density at radius 3 is 2.37 bits per heavy atom. The fraction of sp³-hybridized carbons (Fsp3) is 0.481. The van der Waals surface area contributed by atoms with Crippen molar-refractivity contribution in [1.82, 2.24) is 30.5 Å². The number of nitrogens with zero attached hydrogens (tertiary/aromatic N) is 5. The SMILES string of the molecule is C#[N+]/C(=C\c1nnn(C2CC(C)(C)NC(C)(C)C2)c1C)c1ccc(-c2cn[nH]c2C)cc1O.CC. The van der Waals surface area contributed by atoms with Crippen LogP contribution in [0.3, 0.4) is 0 Å². The normalized spacial score (nSPS) is 17.4. The summed E-state index contributed by atoms with van der Waals surface area (Å²) in [4.78, 5) is 3.93. The highest BCUT2D eigenvalue weighted by molar-refractivity contribution is 5.88. The van der Waals surface area contributed by atoms with E-state index < -0.39 is 0 Å². The molecule has 35 heavy (non-hydrogen) atoms. The Kier molecular flexibility index (Phi) is 7.51. The molecule has 0 unspecified atom stereocenters. The number of phenols is 1. The number of hydrogen-bond donors (Lipinski definition) is 3. The van der Waals surface area contributed by atoms with E-state index >= 15 is 0 Å². The van der Waals surface area contributed by atoms with Crippen LogP contribution >= 0.6 is 0 Å². The highest BCUT2D eigenvalue weighted by Gasteiger charge is 2.39. The number of phenolic OH excluding ortho intramolecular Hbond substituents is 1. The van der Waals surface area contributed by atoms with Gasteiger partial charge < -0.3 is 10.4 Å². The van der Waals surface area contributed by atoms with Crippen LogP contribution in [0.4, 0.5) is 0 Å². The number of aryl methyl sites for hydroxylation is 1. The number of benzene rings is 1. The van der Waals surface area contributed by atoms with Crippen LogP contribution in [0, 0.1) is 20.4 Å². The topological polar surface area (TPSA) is 96.0 Å². The van der Waals surface area contributed by atoms with E-state index in [1.54, 1.807) is 24.4 Å². The summed E-state index contributed by atoms with van der Waals surface area (Å²) in [5, 5.41) is 30.3. The third-order valence-corrected chi connectivity index (χ3v) is 6.30. The molecular formula is C27H38N7O+. The molecule has 3 N–H and O–H groups in total. The Labute approximate surface area is 208 Å². The van der Waals surface area contributed by atoms with Gasteiger partial charge in [0.25, 0.3) is 6.57 Å². The minimum Gasteiger partial charge on any atom is -0.507 e. The van der Waals surface area contributed by atoms with Crippen molar-refractivity contribution in [2.45, 2.75) is 85.4 Å². The predicted octanol–water partition coefficient (Wildman–Crippen LogP) is 5.96. The van der Waals surface area contributed by atoms with Gasteiger partial charge in [0, 0.05) is 22.3 Å². The van der Waals surface area contributed by atoms with Gasteiger partial charge in [0.05, 0.1) is 24.0 Å². The van der Waals surface area contributed by atoms with Crippen molar-refractivity contribution in [1.29, 1.82) is 0 Å². The molecule has 186 valence electrons. The van der Waals surface area contributed by atoms with Gasteiger partial charge in [-0.1, -0.05) is 25.1 Å². The maximum absolute atomic E-state index is 10.7. The molecule has 3 heterocycles. The maximum Gasteiger partial charge on any atom is 0.353 e. The molecule has 1 fully saturated rings. The molecule has 1 aliphatic heterocycles. The fourth-order valence-corrected chi connectivity index (χ4v) is 5.15. The summed E-state index contributed by atoms with van der Waals surface area (Å²) in [6.07, 6.45) is 5.41. The summed E-state index contributed by atoms with van der Waals surface area (Å²) >= 11 is 0. The van der Waals surface area contributed by atoms with Crippen molar-refractivity contribution in [2.24, 2.45) is 0 Å². The summed E-state index contributed by atoms with van der Waals surface area (Å²) in [6, 6.07) is 5.64. The lowest BCUT2D eigenvalue weighted by Crippen LogP contribution is -2.58. The van der Waals surface area contributed by atoms with Gasteiger partial charge in [0.15, 0.2) is 0 Å². The van der Waals surface area contributed by atoms with E-state index in [9.17, 15) is 5.11 Å². The largest absolute Gasteiger partial charge is 0.507 e. The average Bonchev–Trinajstić information content (AvgIpc) is 3.37. The second kappa shape index (κ2) is 10.0. The Balaban J connectivity index is 0.00000167. The molecule has 4 rings (SSSR count). The first-order valence-electron chi connectivity index (χ1n) is 12.2. The molecule has 1 aromatic carbocycles. The van der Waals surface area contributed by atoms with Crippen LogP contribution in [0.15, 0.2) is 24.4 Å². The molecule has 3 aromatic rings. The molecule has 0 spiro atoms. The van der Waals surface area contributed by atoms with Crippen LogP contribution < -0.4 is 5.32 Å². The van der Waals surface area contributed by atoms with Crippen LogP contribution in [-0.4, -0.2) is 41.4 Å². The Hall–Kier alpha value is -3.44. The summed E-state index contributed by atoms with van der Waals surface area (Å²) in [6.45, 7) is 22.5. The molecule has 0 saturated carbocycles. The number of rotatable bonds is 4. The predicted molar refractivity (Wildman–Crippen MR) is 142 cm³/mol. The van der Waals surface area contributed by atoms with Gasteiger partial charge in [0.2, 0.25) is 0 Å². The summed E-state index contributed by atoms with van der Waals surface area (Å²) in [5.74, 6) is 0.0837. The zero-order chi connectivity index (χ0) is 26.0. The molecule has 0 atom stereocenters. The maximum atomic E-state index is 10.7. The molecule has 0 aliphatic carbocycles. The molecule has 0 radical (unpaired) electrons. The smallest absolute Gasteiger partial charge is 0.353 e. The number of H-pyrrole nitrogens is 1. The van der Waals surface area contributed by atoms with Gasteiger partial charge in [-0.25, -0.2) is 4.68 Å². The average molecular weight is 477 g/mol. The van der Waals surface area contributed by atoms with Crippen LogP contribution in [0.1, 0.15) is 83.1 Å². The lowest BCUT2D eigenvalue weighted by atomic mass is 9.79. The standard InChI is InChI=1S/C25H31N7O.C2H6/c1-15-20(14-27-28-15)17-8-9-19(23(33)10-17)22(26-7)11-21-16(2)32(31-29-21)18-12-24(3,4)30-25(5,6)13-18;1-2/h7-11,14,18,30H,12-13H2,1-6H3,(H-,27,28,33);1-2H3/p+1/b22-11-;. The molecule has 0 bridgehead atoms. The number of aromatic amines is 1. The van der Waals surface area contributed by atoms with E-state index in [1.807, 2.05) is 38.4 Å². The number of aromatic hydroxyl groups is 1. The van der Waals surface area contributed by atoms with Gasteiger partial charge in [-0.2, -0.15) is 5.10 Å². The third-order valence-electron chi connectivity index (χ3n) is 6.30.